The number of hydrazine groups is 1. The Labute approximate surface area is 123 Å². The maximum Gasteiger partial charge on any atom is 0.125 e. The van der Waals surface area contributed by atoms with Crippen molar-refractivity contribution in [2.45, 2.75) is 13.5 Å². The third-order valence-electron chi connectivity index (χ3n) is 3.02. The number of anilines is 1. The van der Waals surface area contributed by atoms with Gasteiger partial charge in [0.05, 0.1) is 12.2 Å². The van der Waals surface area contributed by atoms with Gasteiger partial charge in [-0.15, -0.1) is 0 Å². The van der Waals surface area contributed by atoms with Crippen LogP contribution >= 0.6 is 11.6 Å². The second-order valence-corrected chi connectivity index (χ2v) is 4.94. The van der Waals surface area contributed by atoms with Gasteiger partial charge in [0.2, 0.25) is 0 Å². The molecule has 2 rings (SSSR count). The molecular weight excluding hydrogens is 272 g/mol. The van der Waals surface area contributed by atoms with E-state index < -0.39 is 0 Å². The van der Waals surface area contributed by atoms with Gasteiger partial charge in [-0.05, 0) is 48.4 Å². The number of hydrogen-bond donors (Lipinski definition) is 3. The average Bonchev–Trinajstić information content (AvgIpc) is 2.46. The quantitative estimate of drug-likeness (QED) is 0.350. The first-order chi connectivity index (χ1) is 9.60. The van der Waals surface area contributed by atoms with Crippen LogP contribution < -0.4 is 17.0 Å². The number of halogens is 1. The number of nitrogens with two attached hydrogens (primary N) is 2. The SMILES string of the molecule is Cc1cc(C(N)=NCc2ccc(Cl)cc2)ccc1NN. The van der Waals surface area contributed by atoms with Gasteiger partial charge in [0.25, 0.3) is 0 Å². The van der Waals surface area contributed by atoms with Crippen molar-refractivity contribution < 1.29 is 0 Å². The highest BCUT2D eigenvalue weighted by atomic mass is 35.5. The zero-order chi connectivity index (χ0) is 14.5. The molecule has 0 aromatic heterocycles. The van der Waals surface area contributed by atoms with Gasteiger partial charge in [-0.25, -0.2) is 0 Å². The largest absolute Gasteiger partial charge is 0.383 e. The summed E-state index contributed by atoms with van der Waals surface area (Å²) >= 11 is 5.84. The summed E-state index contributed by atoms with van der Waals surface area (Å²) in [6.45, 7) is 2.49. The van der Waals surface area contributed by atoms with Crippen LogP contribution in [0, 0.1) is 6.92 Å². The van der Waals surface area contributed by atoms with Gasteiger partial charge >= 0.3 is 0 Å². The third-order valence-corrected chi connectivity index (χ3v) is 3.27. The number of hydrogen-bond acceptors (Lipinski definition) is 3. The molecule has 0 aliphatic rings. The summed E-state index contributed by atoms with van der Waals surface area (Å²) in [5, 5.41) is 0.714. The van der Waals surface area contributed by atoms with Gasteiger partial charge < -0.3 is 11.2 Å². The van der Waals surface area contributed by atoms with Crippen LogP contribution in [0.4, 0.5) is 5.69 Å². The van der Waals surface area contributed by atoms with E-state index in [1.165, 1.54) is 0 Å². The molecule has 0 saturated carbocycles. The highest BCUT2D eigenvalue weighted by molar-refractivity contribution is 6.30. The van der Waals surface area contributed by atoms with Crippen LogP contribution in [0.15, 0.2) is 47.5 Å². The van der Waals surface area contributed by atoms with Crippen LogP contribution in [0.5, 0.6) is 0 Å². The Morgan fingerprint density at radius 2 is 1.90 bits per heavy atom. The minimum atomic E-state index is 0.506. The Bertz CT molecular complexity index is 620. The molecule has 0 unspecified atom stereocenters. The Morgan fingerprint density at radius 3 is 2.50 bits per heavy atom. The number of aliphatic imine (C=N–C) groups is 1. The van der Waals surface area contributed by atoms with Crippen LogP contribution in [0.3, 0.4) is 0 Å². The number of benzene rings is 2. The van der Waals surface area contributed by atoms with Crippen LogP contribution in [0.1, 0.15) is 16.7 Å². The molecule has 0 fully saturated rings. The fourth-order valence-corrected chi connectivity index (χ4v) is 1.97. The monoisotopic (exact) mass is 288 g/mol. The van der Waals surface area contributed by atoms with Crippen molar-refractivity contribution in [2.24, 2.45) is 16.6 Å². The molecule has 0 spiro atoms. The lowest BCUT2D eigenvalue weighted by molar-refractivity contribution is 1.06. The first kappa shape index (κ1) is 14.4. The van der Waals surface area contributed by atoms with E-state index in [1.807, 2.05) is 49.4 Å². The van der Waals surface area contributed by atoms with Crippen LogP contribution in [-0.4, -0.2) is 5.84 Å². The van der Waals surface area contributed by atoms with Crippen molar-refractivity contribution in [3.8, 4) is 0 Å². The van der Waals surface area contributed by atoms with Gasteiger partial charge in [0.1, 0.15) is 5.84 Å². The molecule has 5 N–H and O–H groups in total. The first-order valence-electron chi connectivity index (χ1n) is 6.22. The highest BCUT2D eigenvalue weighted by Crippen LogP contribution is 2.15. The number of nitrogens with zero attached hydrogens (tertiary/aromatic N) is 1. The maximum atomic E-state index is 6.01. The maximum absolute atomic E-state index is 6.01. The molecule has 104 valence electrons. The van der Waals surface area contributed by atoms with Crippen molar-refractivity contribution in [3.63, 3.8) is 0 Å². The molecule has 0 bridgehead atoms. The third kappa shape index (κ3) is 3.50. The van der Waals surface area contributed by atoms with E-state index in [-0.39, 0.29) is 0 Å². The summed E-state index contributed by atoms with van der Waals surface area (Å²) < 4.78 is 0. The minimum absolute atomic E-state index is 0.506. The molecule has 0 aliphatic carbocycles. The van der Waals surface area contributed by atoms with E-state index in [0.29, 0.717) is 17.4 Å². The van der Waals surface area contributed by atoms with Gasteiger partial charge in [0, 0.05) is 10.6 Å². The summed E-state index contributed by atoms with van der Waals surface area (Å²) in [5.41, 5.74) is 12.5. The van der Waals surface area contributed by atoms with E-state index in [4.69, 9.17) is 23.2 Å². The van der Waals surface area contributed by atoms with Crippen LogP contribution in [0.25, 0.3) is 0 Å². The predicted octanol–water partition coefficient (Wildman–Crippen LogP) is 2.84. The summed E-state index contributed by atoms with van der Waals surface area (Å²) in [6.07, 6.45) is 0. The fourth-order valence-electron chi connectivity index (χ4n) is 1.84. The molecule has 0 saturated heterocycles. The van der Waals surface area contributed by atoms with E-state index in [1.54, 1.807) is 0 Å². The number of nitrogen functional groups attached to an aromatic ring is 1. The molecule has 20 heavy (non-hydrogen) atoms. The van der Waals surface area contributed by atoms with E-state index in [9.17, 15) is 0 Å². The standard InChI is InChI=1S/C15H17ClN4/c1-10-8-12(4-7-14(10)20-18)15(17)19-9-11-2-5-13(16)6-3-11/h2-8,20H,9,18H2,1H3,(H2,17,19). The Balaban J connectivity index is 2.14. The van der Waals surface area contributed by atoms with Crippen molar-refractivity contribution in [1.29, 1.82) is 0 Å². The zero-order valence-electron chi connectivity index (χ0n) is 11.2. The molecule has 2 aromatic carbocycles. The minimum Gasteiger partial charge on any atom is -0.383 e. The Kier molecular flexibility index (Phi) is 4.61. The number of rotatable bonds is 4. The molecule has 4 nitrogen and oxygen atoms in total. The molecule has 0 atom stereocenters. The average molecular weight is 289 g/mol. The molecule has 0 heterocycles. The molecule has 0 aliphatic heterocycles. The predicted molar refractivity (Wildman–Crippen MR) is 84.9 cm³/mol. The fraction of sp³-hybridized carbons (Fsp3) is 0.133. The zero-order valence-corrected chi connectivity index (χ0v) is 12.0. The lowest BCUT2D eigenvalue weighted by Crippen LogP contribution is -2.15. The summed E-state index contributed by atoms with van der Waals surface area (Å²) in [6, 6.07) is 13.3. The molecule has 0 radical (unpaired) electrons. The van der Waals surface area contributed by atoms with Crippen molar-refractivity contribution >= 4 is 23.1 Å². The lowest BCUT2D eigenvalue weighted by Gasteiger charge is -2.07. The van der Waals surface area contributed by atoms with E-state index >= 15 is 0 Å². The van der Waals surface area contributed by atoms with Crippen molar-refractivity contribution in [2.75, 3.05) is 5.43 Å². The Morgan fingerprint density at radius 1 is 1.20 bits per heavy atom. The van der Waals surface area contributed by atoms with Gasteiger partial charge in [-0.2, -0.15) is 0 Å². The van der Waals surface area contributed by atoms with Crippen molar-refractivity contribution in [1.82, 2.24) is 0 Å². The van der Waals surface area contributed by atoms with Crippen molar-refractivity contribution in [3.05, 3.63) is 64.2 Å². The van der Waals surface area contributed by atoms with E-state index in [2.05, 4.69) is 10.4 Å². The second kappa shape index (κ2) is 6.41. The lowest BCUT2D eigenvalue weighted by atomic mass is 10.1. The van der Waals surface area contributed by atoms with Gasteiger partial charge in [-0.3, -0.25) is 10.8 Å². The van der Waals surface area contributed by atoms with Crippen LogP contribution in [-0.2, 0) is 6.54 Å². The number of aryl methyl sites for hydroxylation is 1. The van der Waals surface area contributed by atoms with E-state index in [0.717, 1.165) is 22.4 Å². The highest BCUT2D eigenvalue weighted by Gasteiger charge is 2.02. The van der Waals surface area contributed by atoms with Crippen LogP contribution in [0.2, 0.25) is 5.02 Å². The summed E-state index contributed by atoms with van der Waals surface area (Å²) in [7, 11) is 0. The summed E-state index contributed by atoms with van der Waals surface area (Å²) in [5.74, 6) is 5.91. The first-order valence-corrected chi connectivity index (χ1v) is 6.60. The second-order valence-electron chi connectivity index (χ2n) is 4.50. The normalized spacial score (nSPS) is 11.4. The smallest absolute Gasteiger partial charge is 0.125 e. The molecule has 5 heteroatoms. The Hall–Kier alpha value is -2.04. The molecule has 0 amide bonds. The van der Waals surface area contributed by atoms with Gasteiger partial charge in [-0.1, -0.05) is 23.7 Å². The molecular formula is C15H17ClN4. The van der Waals surface area contributed by atoms with Gasteiger partial charge in [0.15, 0.2) is 0 Å². The summed E-state index contributed by atoms with van der Waals surface area (Å²) in [4.78, 5) is 4.39. The number of amidine groups is 1. The molecule has 2 aromatic rings. The topological polar surface area (TPSA) is 76.4 Å². The number of nitrogens with one attached hydrogen (secondary N) is 1.